The molecule has 1 aliphatic rings. The van der Waals surface area contributed by atoms with Gasteiger partial charge in [0.05, 0.1) is 18.8 Å². The van der Waals surface area contributed by atoms with Crippen LogP contribution in [0.15, 0.2) is 55.2 Å². The lowest BCUT2D eigenvalue weighted by molar-refractivity contribution is -0.101. The van der Waals surface area contributed by atoms with Gasteiger partial charge in [0.25, 0.3) is 0 Å². The highest BCUT2D eigenvalue weighted by Crippen LogP contribution is 2.47. The van der Waals surface area contributed by atoms with Crippen molar-refractivity contribution in [3.8, 4) is 0 Å². The van der Waals surface area contributed by atoms with Crippen LogP contribution in [0.5, 0.6) is 0 Å². The van der Waals surface area contributed by atoms with E-state index in [0.29, 0.717) is 37.0 Å². The highest BCUT2D eigenvalue weighted by Gasteiger charge is 2.44. The molecule has 1 aromatic carbocycles. The Morgan fingerprint density at radius 2 is 2.18 bits per heavy atom. The average molecular weight is 319 g/mol. The fourth-order valence-corrected chi connectivity index (χ4v) is 3.19. The van der Waals surface area contributed by atoms with Crippen molar-refractivity contribution < 1.29 is 9.84 Å². The highest BCUT2D eigenvalue weighted by molar-refractivity contribution is 6.31. The van der Waals surface area contributed by atoms with E-state index in [4.69, 9.17) is 16.3 Å². The molecule has 0 saturated heterocycles. The lowest BCUT2D eigenvalue weighted by atomic mass is 9.67. The zero-order chi connectivity index (χ0) is 16.2. The lowest BCUT2D eigenvalue weighted by Gasteiger charge is -2.44. The Bertz CT molecular complexity index is 583. The maximum absolute atomic E-state index is 10.7. The Balaban J connectivity index is 1.86. The Labute approximate surface area is 137 Å². The van der Waals surface area contributed by atoms with Gasteiger partial charge < -0.3 is 9.84 Å². The molecule has 0 atom stereocenters. The molecule has 0 bridgehead atoms. The molecule has 0 aromatic heterocycles. The third kappa shape index (κ3) is 3.70. The lowest BCUT2D eigenvalue weighted by Crippen LogP contribution is -2.43. The predicted octanol–water partition coefficient (Wildman–Crippen LogP) is 4.56. The summed E-state index contributed by atoms with van der Waals surface area (Å²) < 4.78 is 5.70. The quantitative estimate of drug-likeness (QED) is 0.747. The fourth-order valence-electron chi connectivity index (χ4n) is 3.01. The van der Waals surface area contributed by atoms with E-state index in [1.165, 1.54) is 0 Å². The molecular weight excluding hydrogens is 296 g/mol. The summed E-state index contributed by atoms with van der Waals surface area (Å²) in [7, 11) is 0. The molecule has 0 unspecified atom stereocenters. The van der Waals surface area contributed by atoms with E-state index in [1.807, 2.05) is 31.2 Å². The second-order valence-electron chi connectivity index (χ2n) is 5.91. The van der Waals surface area contributed by atoms with Crippen LogP contribution in [0.2, 0.25) is 5.02 Å². The molecule has 0 amide bonds. The molecule has 0 heterocycles. The Morgan fingerprint density at radius 3 is 2.82 bits per heavy atom. The molecule has 0 aliphatic heterocycles. The molecule has 22 heavy (non-hydrogen) atoms. The van der Waals surface area contributed by atoms with Crippen molar-refractivity contribution in [1.29, 1.82) is 0 Å². The molecule has 1 saturated carbocycles. The van der Waals surface area contributed by atoms with Crippen LogP contribution in [0, 0.1) is 12.8 Å². The van der Waals surface area contributed by atoms with Gasteiger partial charge in [-0.15, -0.1) is 0 Å². The van der Waals surface area contributed by atoms with Gasteiger partial charge in [0, 0.05) is 5.02 Å². The summed E-state index contributed by atoms with van der Waals surface area (Å²) in [4.78, 5) is 0. The van der Waals surface area contributed by atoms with Crippen molar-refractivity contribution in [3.05, 3.63) is 71.3 Å². The number of rotatable bonds is 7. The summed E-state index contributed by atoms with van der Waals surface area (Å²) in [5.74, 6) is 0.373. The van der Waals surface area contributed by atoms with Crippen molar-refractivity contribution >= 4 is 11.6 Å². The largest absolute Gasteiger partial charge is 0.385 e. The van der Waals surface area contributed by atoms with Crippen molar-refractivity contribution in [3.63, 3.8) is 0 Å². The molecule has 1 N–H and O–H groups in total. The second-order valence-corrected chi connectivity index (χ2v) is 6.32. The van der Waals surface area contributed by atoms with E-state index in [2.05, 4.69) is 13.2 Å². The van der Waals surface area contributed by atoms with Gasteiger partial charge in [0.15, 0.2) is 0 Å². The summed E-state index contributed by atoms with van der Waals surface area (Å²) >= 11 is 6.14. The molecule has 1 aliphatic carbocycles. The summed E-state index contributed by atoms with van der Waals surface area (Å²) in [6.07, 6.45) is 6.81. The molecule has 3 heteroatoms. The zero-order valence-electron chi connectivity index (χ0n) is 13.0. The maximum Gasteiger partial charge on any atom is 0.0906 e. The Kier molecular flexibility index (Phi) is 5.63. The Morgan fingerprint density at radius 1 is 1.45 bits per heavy atom. The van der Waals surface area contributed by atoms with Crippen LogP contribution >= 0.6 is 11.6 Å². The van der Waals surface area contributed by atoms with Gasteiger partial charge in [0.1, 0.15) is 0 Å². The molecular formula is C19H23ClO2. The summed E-state index contributed by atoms with van der Waals surface area (Å²) in [5, 5.41) is 11.4. The minimum atomic E-state index is -0.763. The van der Waals surface area contributed by atoms with Crippen LogP contribution in [0.4, 0.5) is 0 Å². The first kappa shape index (κ1) is 17.0. The number of allylic oxidation sites excluding steroid dienone is 2. The number of aliphatic hydroxyl groups is 1. The van der Waals surface area contributed by atoms with Crippen LogP contribution in [0.25, 0.3) is 0 Å². The number of halogens is 1. The molecule has 1 fully saturated rings. The van der Waals surface area contributed by atoms with Crippen molar-refractivity contribution in [2.24, 2.45) is 5.92 Å². The van der Waals surface area contributed by atoms with Crippen molar-refractivity contribution in [2.45, 2.75) is 25.4 Å². The van der Waals surface area contributed by atoms with Gasteiger partial charge in [-0.2, -0.15) is 0 Å². The number of ether oxygens (including phenoxy) is 1. The van der Waals surface area contributed by atoms with E-state index in [1.54, 1.807) is 12.2 Å². The average Bonchev–Trinajstić information content (AvgIpc) is 2.47. The SMILES string of the molecule is C=C/C=C(\C=C)COCC1CC(O)(c2cccc(Cl)c2C)C1. The standard InChI is InChI=1S/C19H23ClO2/c1-4-7-15(5-2)12-22-13-16-10-19(21,11-16)17-8-6-9-18(20)14(17)3/h4-9,16,21H,1-2,10-13H2,3H3/b15-7+. The first-order valence-electron chi connectivity index (χ1n) is 7.50. The molecule has 1 aromatic rings. The van der Waals surface area contributed by atoms with E-state index in [-0.39, 0.29) is 0 Å². The smallest absolute Gasteiger partial charge is 0.0906 e. The number of benzene rings is 1. The minimum Gasteiger partial charge on any atom is -0.385 e. The maximum atomic E-state index is 10.7. The first-order chi connectivity index (χ1) is 10.5. The molecule has 118 valence electrons. The predicted molar refractivity (Wildman–Crippen MR) is 92.1 cm³/mol. The zero-order valence-corrected chi connectivity index (χ0v) is 13.8. The van der Waals surface area contributed by atoms with E-state index < -0.39 is 5.60 Å². The van der Waals surface area contributed by atoms with Crippen molar-refractivity contribution in [1.82, 2.24) is 0 Å². The van der Waals surface area contributed by atoms with Gasteiger partial charge in [0.2, 0.25) is 0 Å². The van der Waals surface area contributed by atoms with E-state index in [0.717, 1.165) is 16.7 Å². The van der Waals surface area contributed by atoms with Gasteiger partial charge >= 0.3 is 0 Å². The van der Waals surface area contributed by atoms with Gasteiger partial charge in [-0.3, -0.25) is 0 Å². The number of hydrogen-bond acceptors (Lipinski definition) is 2. The molecule has 0 radical (unpaired) electrons. The molecule has 2 nitrogen and oxygen atoms in total. The minimum absolute atomic E-state index is 0.373. The topological polar surface area (TPSA) is 29.5 Å². The van der Waals surface area contributed by atoms with Gasteiger partial charge in [-0.1, -0.05) is 55.1 Å². The van der Waals surface area contributed by atoms with Crippen LogP contribution in [0.1, 0.15) is 24.0 Å². The first-order valence-corrected chi connectivity index (χ1v) is 7.87. The molecule has 2 rings (SSSR count). The van der Waals surface area contributed by atoms with Crippen LogP contribution < -0.4 is 0 Å². The second kappa shape index (κ2) is 7.28. The van der Waals surface area contributed by atoms with Crippen molar-refractivity contribution in [2.75, 3.05) is 13.2 Å². The van der Waals surface area contributed by atoms with E-state index in [9.17, 15) is 5.11 Å². The Hall–Kier alpha value is -1.35. The summed E-state index contributed by atoms with van der Waals surface area (Å²) in [6.45, 7) is 10.5. The van der Waals surface area contributed by atoms with E-state index >= 15 is 0 Å². The highest BCUT2D eigenvalue weighted by atomic mass is 35.5. The third-order valence-corrected chi connectivity index (χ3v) is 4.65. The van der Waals surface area contributed by atoms with Crippen LogP contribution in [0.3, 0.4) is 0 Å². The van der Waals surface area contributed by atoms with Gasteiger partial charge in [-0.05, 0) is 48.4 Å². The normalized spacial score (nSPS) is 24.7. The third-order valence-electron chi connectivity index (χ3n) is 4.24. The van der Waals surface area contributed by atoms with Crippen LogP contribution in [-0.2, 0) is 10.3 Å². The van der Waals surface area contributed by atoms with Gasteiger partial charge in [-0.25, -0.2) is 0 Å². The number of hydrogen-bond donors (Lipinski definition) is 1. The molecule has 0 spiro atoms. The van der Waals surface area contributed by atoms with Crippen LogP contribution in [-0.4, -0.2) is 18.3 Å². The fraction of sp³-hybridized carbons (Fsp3) is 0.368. The summed E-state index contributed by atoms with van der Waals surface area (Å²) in [6, 6.07) is 5.70. The summed E-state index contributed by atoms with van der Waals surface area (Å²) in [5.41, 5.74) is 2.15. The monoisotopic (exact) mass is 318 g/mol.